The van der Waals surface area contributed by atoms with Crippen LogP contribution in [0.5, 0.6) is 0 Å². The average molecular weight is 237 g/mol. The molecular formula is C17H19N. The maximum Gasteiger partial charge on any atom is 0.0384 e. The molecule has 18 heavy (non-hydrogen) atoms. The molecule has 0 fully saturated rings. The van der Waals surface area contributed by atoms with E-state index >= 15 is 0 Å². The first-order chi connectivity index (χ1) is 8.57. The summed E-state index contributed by atoms with van der Waals surface area (Å²) in [7, 11) is 0. The molecule has 4 aliphatic heterocycles. The Morgan fingerprint density at radius 1 is 0.833 bits per heavy atom. The van der Waals surface area contributed by atoms with Crippen LogP contribution in [-0.4, -0.2) is 0 Å². The highest BCUT2D eigenvalue weighted by Gasteiger charge is 2.29. The van der Waals surface area contributed by atoms with Crippen molar-refractivity contribution in [3.8, 4) is 0 Å². The van der Waals surface area contributed by atoms with Gasteiger partial charge in [-0.3, -0.25) is 0 Å². The zero-order valence-electron chi connectivity index (χ0n) is 11.2. The topological polar surface area (TPSA) is 12.0 Å². The zero-order chi connectivity index (χ0) is 12.8. The summed E-state index contributed by atoms with van der Waals surface area (Å²) in [5, 5.41) is 3.43. The lowest BCUT2D eigenvalue weighted by Crippen LogP contribution is -2.24. The van der Waals surface area contributed by atoms with E-state index in [0.717, 1.165) is 11.4 Å². The molecule has 2 aromatic carbocycles. The molecule has 0 radical (unpaired) electrons. The summed E-state index contributed by atoms with van der Waals surface area (Å²) >= 11 is 0. The van der Waals surface area contributed by atoms with Crippen LogP contribution in [-0.2, 0) is 5.41 Å². The Kier molecular flexibility index (Phi) is 2.44. The molecule has 4 heterocycles. The van der Waals surface area contributed by atoms with Gasteiger partial charge in [0.05, 0.1) is 0 Å². The van der Waals surface area contributed by atoms with E-state index in [-0.39, 0.29) is 5.41 Å². The largest absolute Gasteiger partial charge is 0.356 e. The molecule has 0 aliphatic carbocycles. The fourth-order valence-corrected chi connectivity index (χ4v) is 2.67. The van der Waals surface area contributed by atoms with E-state index in [9.17, 15) is 0 Å². The predicted octanol–water partition coefficient (Wildman–Crippen LogP) is 4.82. The van der Waals surface area contributed by atoms with Gasteiger partial charge < -0.3 is 5.32 Å². The van der Waals surface area contributed by atoms with Gasteiger partial charge in [-0.05, 0) is 46.7 Å². The van der Waals surface area contributed by atoms with Crippen molar-refractivity contribution in [1.29, 1.82) is 0 Å². The van der Waals surface area contributed by atoms with Gasteiger partial charge in [0, 0.05) is 11.4 Å². The van der Waals surface area contributed by atoms with Crippen molar-refractivity contribution >= 4 is 11.4 Å². The molecule has 0 spiro atoms. The minimum Gasteiger partial charge on any atom is -0.356 e. The summed E-state index contributed by atoms with van der Waals surface area (Å²) in [4.78, 5) is 0. The summed E-state index contributed by atoms with van der Waals surface area (Å²) in [6, 6.07) is 17.6. The van der Waals surface area contributed by atoms with Gasteiger partial charge in [-0.15, -0.1) is 0 Å². The first kappa shape index (κ1) is 11.3. The van der Waals surface area contributed by atoms with Crippen LogP contribution >= 0.6 is 0 Å². The summed E-state index contributed by atoms with van der Waals surface area (Å²) < 4.78 is 0. The van der Waals surface area contributed by atoms with Crippen molar-refractivity contribution in [3.05, 3.63) is 59.7 Å². The number of rotatable bonds is 0. The Labute approximate surface area is 109 Å². The predicted molar refractivity (Wildman–Crippen MR) is 77.6 cm³/mol. The molecule has 0 amide bonds. The second-order valence-electron chi connectivity index (χ2n) is 5.77. The van der Waals surface area contributed by atoms with Crippen molar-refractivity contribution in [2.75, 3.05) is 5.32 Å². The van der Waals surface area contributed by atoms with E-state index < -0.39 is 0 Å². The Morgan fingerprint density at radius 2 is 1.33 bits per heavy atom. The first-order valence-electron chi connectivity index (χ1n) is 6.55. The minimum absolute atomic E-state index is 0.143. The highest BCUT2D eigenvalue weighted by Crippen LogP contribution is 2.39. The number of nitrogens with one attached hydrogen (secondary N) is 1. The number of hydrogen-bond acceptors (Lipinski definition) is 1. The van der Waals surface area contributed by atoms with Crippen LogP contribution < -0.4 is 5.32 Å². The lowest BCUT2D eigenvalue weighted by atomic mass is 9.71. The molecule has 1 atom stereocenters. The normalized spacial score (nSPS) is 20.3. The van der Waals surface area contributed by atoms with Crippen molar-refractivity contribution in [1.82, 2.24) is 0 Å². The van der Waals surface area contributed by atoms with Crippen molar-refractivity contribution in [2.45, 2.75) is 32.1 Å². The fourth-order valence-electron chi connectivity index (χ4n) is 2.67. The van der Waals surface area contributed by atoms with Crippen LogP contribution in [0.2, 0.25) is 0 Å². The van der Waals surface area contributed by atoms with Crippen LogP contribution in [0, 0.1) is 0 Å². The lowest BCUT2D eigenvalue weighted by molar-refractivity contribution is 0.436. The third kappa shape index (κ3) is 1.71. The monoisotopic (exact) mass is 237 g/mol. The number of anilines is 2. The third-order valence-electron chi connectivity index (χ3n) is 4.41. The van der Waals surface area contributed by atoms with Gasteiger partial charge in [0.25, 0.3) is 0 Å². The number of hydrogen-bond donors (Lipinski definition) is 1. The molecule has 4 aliphatic rings. The molecule has 6 rings (SSSR count). The van der Waals surface area contributed by atoms with Gasteiger partial charge in [0.15, 0.2) is 0 Å². The molecular weight excluding hydrogens is 218 g/mol. The minimum atomic E-state index is 0.143. The second-order valence-corrected chi connectivity index (χ2v) is 5.77. The molecule has 4 bridgehead atoms. The smallest absolute Gasteiger partial charge is 0.0384 e. The lowest BCUT2D eigenvalue weighted by Gasteiger charge is -2.32. The van der Waals surface area contributed by atoms with Crippen LogP contribution in [0.4, 0.5) is 11.4 Å². The maximum absolute atomic E-state index is 3.43. The quantitative estimate of drug-likeness (QED) is 0.692. The summed E-state index contributed by atoms with van der Waals surface area (Å²) in [5.74, 6) is 0.496. The first-order valence-corrected chi connectivity index (χ1v) is 6.55. The zero-order valence-corrected chi connectivity index (χ0v) is 11.2. The van der Waals surface area contributed by atoms with E-state index in [0.29, 0.717) is 5.92 Å². The van der Waals surface area contributed by atoms with Gasteiger partial charge in [-0.1, -0.05) is 45.0 Å². The van der Waals surface area contributed by atoms with Crippen molar-refractivity contribution < 1.29 is 0 Å². The van der Waals surface area contributed by atoms with Gasteiger partial charge in [0.2, 0.25) is 0 Å². The van der Waals surface area contributed by atoms with E-state index in [2.05, 4.69) is 74.6 Å². The van der Waals surface area contributed by atoms with E-state index in [1.165, 1.54) is 11.1 Å². The molecule has 1 heteroatoms. The Bertz CT molecular complexity index is 549. The summed E-state index contributed by atoms with van der Waals surface area (Å²) in [5.41, 5.74) is 5.24. The van der Waals surface area contributed by atoms with E-state index in [1.807, 2.05) is 0 Å². The Morgan fingerprint density at radius 3 is 1.89 bits per heavy atom. The highest BCUT2D eigenvalue weighted by atomic mass is 14.9. The molecule has 2 aromatic rings. The maximum atomic E-state index is 3.43. The van der Waals surface area contributed by atoms with Crippen LogP contribution in [0.15, 0.2) is 48.5 Å². The van der Waals surface area contributed by atoms with Crippen LogP contribution in [0.1, 0.15) is 37.8 Å². The summed E-state index contributed by atoms with van der Waals surface area (Å²) in [6.07, 6.45) is 0. The summed E-state index contributed by atoms with van der Waals surface area (Å²) in [6.45, 7) is 6.96. The third-order valence-corrected chi connectivity index (χ3v) is 4.41. The van der Waals surface area contributed by atoms with Crippen molar-refractivity contribution in [3.63, 3.8) is 0 Å². The van der Waals surface area contributed by atoms with E-state index in [1.54, 1.807) is 0 Å². The van der Waals surface area contributed by atoms with Gasteiger partial charge in [-0.25, -0.2) is 0 Å². The number of benzene rings is 2. The van der Waals surface area contributed by atoms with E-state index in [4.69, 9.17) is 0 Å². The molecule has 1 N–H and O–H groups in total. The molecule has 0 aromatic heterocycles. The second kappa shape index (κ2) is 3.88. The molecule has 1 unspecified atom stereocenters. The molecule has 0 saturated carbocycles. The van der Waals surface area contributed by atoms with Crippen molar-refractivity contribution in [2.24, 2.45) is 0 Å². The van der Waals surface area contributed by atoms with Crippen LogP contribution in [0.3, 0.4) is 0 Å². The SMILES string of the molecule is CC1c2ccc(cc2)Nc2ccc(cc2)C1(C)C. The Balaban J connectivity index is 2.23. The highest BCUT2D eigenvalue weighted by molar-refractivity contribution is 5.61. The molecule has 1 nitrogen and oxygen atoms in total. The average Bonchev–Trinajstić information content (AvgIpc) is 2.42. The molecule has 92 valence electrons. The fraction of sp³-hybridized carbons (Fsp3) is 0.294. The standard InChI is InChI=1S/C17H19N/c1-12-13-4-8-15(9-5-13)18-16-10-6-14(7-11-16)17(12,2)3/h4-12,18H,1-3H3. The van der Waals surface area contributed by atoms with Crippen LogP contribution in [0.25, 0.3) is 0 Å². The Hall–Kier alpha value is -1.76. The van der Waals surface area contributed by atoms with Gasteiger partial charge in [0.1, 0.15) is 0 Å². The van der Waals surface area contributed by atoms with Gasteiger partial charge in [-0.2, -0.15) is 0 Å². The molecule has 0 saturated heterocycles. The van der Waals surface area contributed by atoms with Gasteiger partial charge >= 0.3 is 0 Å².